The molecule has 0 saturated carbocycles. The monoisotopic (exact) mass is 603 g/mol. The van der Waals surface area contributed by atoms with Gasteiger partial charge in [0.15, 0.2) is 11.6 Å². The molecule has 0 spiro atoms. The molecular formula is C43H29N3O. The van der Waals surface area contributed by atoms with E-state index in [9.17, 15) is 0 Å². The molecule has 6 aromatic carbocycles. The summed E-state index contributed by atoms with van der Waals surface area (Å²) in [7, 11) is 0. The Labute approximate surface area is 272 Å². The van der Waals surface area contributed by atoms with Gasteiger partial charge in [0.2, 0.25) is 0 Å². The summed E-state index contributed by atoms with van der Waals surface area (Å²) in [6, 6.07) is 46.3. The van der Waals surface area contributed by atoms with Crippen LogP contribution in [-0.2, 0) is 0 Å². The van der Waals surface area contributed by atoms with Gasteiger partial charge in [-0.2, -0.15) is 0 Å². The number of para-hydroxylation sites is 1. The van der Waals surface area contributed by atoms with Gasteiger partial charge in [0, 0.05) is 27.8 Å². The Morgan fingerprint density at radius 3 is 1.87 bits per heavy atom. The van der Waals surface area contributed by atoms with Gasteiger partial charge in [-0.1, -0.05) is 133 Å². The van der Waals surface area contributed by atoms with Gasteiger partial charge < -0.3 is 4.42 Å². The Balaban J connectivity index is 1.32. The molecule has 47 heavy (non-hydrogen) atoms. The van der Waals surface area contributed by atoms with Crippen LogP contribution in [0.3, 0.4) is 0 Å². The minimum Gasteiger partial charge on any atom is -0.456 e. The van der Waals surface area contributed by atoms with Crippen molar-refractivity contribution in [2.75, 3.05) is 0 Å². The predicted octanol–water partition coefficient (Wildman–Crippen LogP) is 11.2. The lowest BCUT2D eigenvalue weighted by atomic mass is 9.94. The normalized spacial score (nSPS) is 14.3. The lowest BCUT2D eigenvalue weighted by molar-refractivity contribution is 0.669. The maximum atomic E-state index is 6.46. The van der Waals surface area contributed by atoms with E-state index < -0.39 is 0 Å². The van der Waals surface area contributed by atoms with Crippen molar-refractivity contribution in [3.8, 4) is 45.0 Å². The molecule has 222 valence electrons. The molecule has 1 aliphatic carbocycles. The number of fused-ring (bicyclic) bond motifs is 4. The van der Waals surface area contributed by atoms with E-state index in [-0.39, 0.29) is 5.92 Å². The highest BCUT2D eigenvalue weighted by atomic mass is 16.3. The van der Waals surface area contributed by atoms with E-state index in [0.717, 1.165) is 67.2 Å². The molecule has 4 nitrogen and oxygen atoms in total. The summed E-state index contributed by atoms with van der Waals surface area (Å²) in [4.78, 5) is 15.7. The van der Waals surface area contributed by atoms with Gasteiger partial charge >= 0.3 is 0 Å². The highest BCUT2D eigenvalue weighted by Gasteiger charge is 2.22. The lowest BCUT2D eigenvalue weighted by Crippen LogP contribution is -2.08. The molecule has 0 amide bonds. The molecule has 0 N–H and O–H groups in total. The van der Waals surface area contributed by atoms with E-state index in [1.807, 2.05) is 18.2 Å². The molecule has 0 aliphatic heterocycles. The number of nitrogens with zero attached hydrogens (tertiary/aromatic N) is 3. The molecule has 1 aliphatic rings. The summed E-state index contributed by atoms with van der Waals surface area (Å²) >= 11 is 0. The quantitative estimate of drug-likeness (QED) is 0.196. The third-order valence-corrected chi connectivity index (χ3v) is 9.04. The Kier molecular flexibility index (Phi) is 6.57. The number of aromatic nitrogens is 3. The van der Waals surface area contributed by atoms with E-state index in [1.54, 1.807) is 0 Å². The fourth-order valence-corrected chi connectivity index (χ4v) is 6.76. The van der Waals surface area contributed by atoms with Crippen LogP contribution in [0.15, 0.2) is 162 Å². The van der Waals surface area contributed by atoms with Crippen LogP contribution < -0.4 is 0 Å². The summed E-state index contributed by atoms with van der Waals surface area (Å²) in [5, 5.41) is 4.31. The molecule has 9 rings (SSSR count). The molecule has 0 bridgehead atoms. The first-order valence-corrected chi connectivity index (χ1v) is 16.0. The van der Waals surface area contributed by atoms with Gasteiger partial charge in [0.25, 0.3) is 0 Å². The van der Waals surface area contributed by atoms with Gasteiger partial charge in [0.1, 0.15) is 17.0 Å². The van der Waals surface area contributed by atoms with Crippen LogP contribution in [0.4, 0.5) is 0 Å². The zero-order valence-corrected chi connectivity index (χ0v) is 25.5. The number of benzene rings is 6. The minimum atomic E-state index is 0.0456. The van der Waals surface area contributed by atoms with E-state index in [2.05, 4.69) is 140 Å². The number of hydrogen-bond acceptors (Lipinski definition) is 4. The Bertz CT molecular complexity index is 2490. The molecular weight excluding hydrogens is 574 g/mol. The van der Waals surface area contributed by atoms with Crippen LogP contribution in [0, 0.1) is 0 Å². The third-order valence-electron chi connectivity index (χ3n) is 9.04. The zero-order valence-electron chi connectivity index (χ0n) is 25.5. The van der Waals surface area contributed by atoms with Crippen LogP contribution >= 0.6 is 0 Å². The molecule has 2 aromatic heterocycles. The summed E-state index contributed by atoms with van der Waals surface area (Å²) in [5.41, 5.74) is 8.07. The largest absolute Gasteiger partial charge is 0.456 e. The summed E-state index contributed by atoms with van der Waals surface area (Å²) < 4.78 is 6.46. The standard InChI is InChI=1S/C43H29N3O/c1-4-14-28(15-5-1)31-26-37(40-36-22-12-13-23-38(36)47-39(40)27-31)43-45-41(30-18-8-3-9-19-30)44-42(46-43)35-25-24-32(29-16-6-2-7-17-29)33-20-10-11-21-34(33)35/h1-18,20-27,30H,19H2. The summed E-state index contributed by atoms with van der Waals surface area (Å²) in [5.74, 6) is 2.10. The van der Waals surface area contributed by atoms with Crippen molar-refractivity contribution in [1.82, 2.24) is 15.0 Å². The van der Waals surface area contributed by atoms with Gasteiger partial charge in [-0.3, -0.25) is 0 Å². The second-order valence-corrected chi connectivity index (χ2v) is 11.9. The first kappa shape index (κ1) is 27.2. The maximum Gasteiger partial charge on any atom is 0.164 e. The first-order valence-electron chi connectivity index (χ1n) is 16.0. The third kappa shape index (κ3) is 4.82. The smallest absolute Gasteiger partial charge is 0.164 e. The Morgan fingerprint density at radius 2 is 1.13 bits per heavy atom. The first-order chi connectivity index (χ1) is 23.3. The van der Waals surface area contributed by atoms with Crippen molar-refractivity contribution >= 4 is 32.7 Å². The summed E-state index contributed by atoms with van der Waals surface area (Å²) in [6.45, 7) is 0. The highest BCUT2D eigenvalue weighted by Crippen LogP contribution is 2.41. The van der Waals surface area contributed by atoms with Crippen molar-refractivity contribution in [2.45, 2.75) is 12.3 Å². The van der Waals surface area contributed by atoms with Crippen molar-refractivity contribution in [3.05, 3.63) is 164 Å². The van der Waals surface area contributed by atoms with Crippen molar-refractivity contribution in [3.63, 3.8) is 0 Å². The number of furan rings is 1. The van der Waals surface area contributed by atoms with Crippen LogP contribution in [0.5, 0.6) is 0 Å². The van der Waals surface area contributed by atoms with Crippen molar-refractivity contribution in [1.29, 1.82) is 0 Å². The molecule has 2 heterocycles. The topological polar surface area (TPSA) is 51.8 Å². The average Bonchev–Trinajstić information content (AvgIpc) is 3.53. The molecule has 0 saturated heterocycles. The molecule has 4 heteroatoms. The second-order valence-electron chi connectivity index (χ2n) is 11.9. The fourth-order valence-electron chi connectivity index (χ4n) is 6.76. The second kappa shape index (κ2) is 11.3. The van der Waals surface area contributed by atoms with E-state index in [1.165, 1.54) is 11.1 Å². The summed E-state index contributed by atoms with van der Waals surface area (Å²) in [6.07, 6.45) is 9.36. The fraction of sp³-hybridized carbons (Fsp3) is 0.0465. The Morgan fingerprint density at radius 1 is 0.489 bits per heavy atom. The van der Waals surface area contributed by atoms with Crippen molar-refractivity contribution in [2.24, 2.45) is 0 Å². The highest BCUT2D eigenvalue weighted by molar-refractivity contribution is 6.13. The molecule has 1 atom stereocenters. The number of hydrogen-bond donors (Lipinski definition) is 0. The van der Waals surface area contributed by atoms with Crippen molar-refractivity contribution < 1.29 is 4.42 Å². The van der Waals surface area contributed by atoms with E-state index in [0.29, 0.717) is 11.6 Å². The molecule has 0 radical (unpaired) electrons. The lowest BCUT2D eigenvalue weighted by Gasteiger charge is -2.16. The van der Waals surface area contributed by atoms with Gasteiger partial charge in [0.05, 0.1) is 0 Å². The number of rotatable bonds is 5. The van der Waals surface area contributed by atoms with Crippen LogP contribution in [-0.4, -0.2) is 15.0 Å². The van der Waals surface area contributed by atoms with Gasteiger partial charge in [-0.05, 0) is 63.7 Å². The van der Waals surface area contributed by atoms with Crippen LogP contribution in [0.1, 0.15) is 18.2 Å². The van der Waals surface area contributed by atoms with E-state index >= 15 is 0 Å². The zero-order chi connectivity index (χ0) is 31.2. The minimum absolute atomic E-state index is 0.0456. The van der Waals surface area contributed by atoms with E-state index in [4.69, 9.17) is 19.4 Å². The van der Waals surface area contributed by atoms with Gasteiger partial charge in [-0.25, -0.2) is 15.0 Å². The molecule has 8 aromatic rings. The predicted molar refractivity (Wildman–Crippen MR) is 192 cm³/mol. The maximum absolute atomic E-state index is 6.46. The van der Waals surface area contributed by atoms with Crippen LogP contribution in [0.25, 0.3) is 77.7 Å². The molecule has 0 fully saturated rings. The SMILES string of the molecule is C1=CCC(c2nc(-c3ccc(-c4ccccc4)c4ccccc34)nc(-c3cc(-c4ccccc4)cc4oc5ccccc5c34)n2)C=C1. The Hall–Kier alpha value is -6.13. The number of allylic oxidation sites excluding steroid dienone is 4. The molecule has 1 unspecified atom stereocenters. The average molecular weight is 604 g/mol. The van der Waals surface area contributed by atoms with Gasteiger partial charge in [-0.15, -0.1) is 0 Å². The van der Waals surface area contributed by atoms with Crippen LogP contribution in [0.2, 0.25) is 0 Å².